The van der Waals surface area contributed by atoms with Crippen molar-refractivity contribution in [3.63, 3.8) is 0 Å². The van der Waals surface area contributed by atoms with Gasteiger partial charge in [0.1, 0.15) is 5.15 Å². The maximum absolute atomic E-state index is 13.0. The SMILES string of the molecule is CCN(CC)S(=O)(=O)c1cccc(-c2nnc(SCc3ccc(Cl)nc3)n2CC(C)C)c1. The predicted octanol–water partition coefficient (Wildman–Crippen LogP) is 4.97. The van der Waals surface area contributed by atoms with Gasteiger partial charge in [-0.15, -0.1) is 10.2 Å². The highest BCUT2D eigenvalue weighted by Crippen LogP contribution is 2.29. The summed E-state index contributed by atoms with van der Waals surface area (Å²) in [5.74, 6) is 1.70. The van der Waals surface area contributed by atoms with E-state index in [1.165, 1.54) is 4.31 Å². The largest absolute Gasteiger partial charge is 0.302 e. The third-order valence-electron chi connectivity index (χ3n) is 4.86. The number of rotatable bonds is 10. The van der Waals surface area contributed by atoms with Crippen LogP contribution < -0.4 is 0 Å². The van der Waals surface area contributed by atoms with Gasteiger partial charge >= 0.3 is 0 Å². The Morgan fingerprint density at radius 2 is 1.88 bits per heavy atom. The lowest BCUT2D eigenvalue weighted by atomic mass is 10.2. The Bertz CT molecular complexity index is 1140. The van der Waals surface area contributed by atoms with Crippen molar-refractivity contribution in [1.29, 1.82) is 0 Å². The lowest BCUT2D eigenvalue weighted by molar-refractivity contribution is 0.445. The second-order valence-electron chi connectivity index (χ2n) is 7.71. The van der Waals surface area contributed by atoms with Crippen molar-refractivity contribution in [3.05, 3.63) is 53.3 Å². The maximum atomic E-state index is 13.0. The highest BCUT2D eigenvalue weighted by atomic mass is 35.5. The minimum Gasteiger partial charge on any atom is -0.302 e. The third kappa shape index (κ3) is 5.70. The molecule has 0 saturated heterocycles. The Balaban J connectivity index is 1.94. The number of hydrogen-bond acceptors (Lipinski definition) is 6. The summed E-state index contributed by atoms with van der Waals surface area (Å²) >= 11 is 7.44. The van der Waals surface area contributed by atoms with E-state index in [0.717, 1.165) is 22.8 Å². The molecule has 1 aromatic carbocycles. The number of aromatic nitrogens is 4. The molecule has 0 amide bonds. The lowest BCUT2D eigenvalue weighted by Gasteiger charge is -2.19. The van der Waals surface area contributed by atoms with Crippen LogP contribution in [0.1, 0.15) is 33.3 Å². The number of halogens is 1. The van der Waals surface area contributed by atoms with Crippen LogP contribution in [0.25, 0.3) is 11.4 Å². The molecule has 3 aromatic rings. The monoisotopic (exact) mass is 493 g/mol. The first-order valence-corrected chi connectivity index (χ1v) is 13.3. The first-order chi connectivity index (χ1) is 15.3. The molecular formula is C22H28ClN5O2S2. The van der Waals surface area contributed by atoms with Gasteiger partial charge in [0.2, 0.25) is 10.0 Å². The summed E-state index contributed by atoms with van der Waals surface area (Å²) in [4.78, 5) is 4.39. The number of sulfonamides is 1. The van der Waals surface area contributed by atoms with Crippen molar-refractivity contribution in [2.75, 3.05) is 13.1 Å². The molecule has 0 saturated carbocycles. The minimum atomic E-state index is -3.56. The Kier molecular flexibility index (Phi) is 8.32. The van der Waals surface area contributed by atoms with Gasteiger partial charge in [0.05, 0.1) is 4.90 Å². The molecule has 0 spiro atoms. The molecule has 172 valence electrons. The van der Waals surface area contributed by atoms with E-state index in [4.69, 9.17) is 11.6 Å². The van der Waals surface area contributed by atoms with Crippen LogP contribution in [-0.4, -0.2) is 45.6 Å². The molecule has 3 rings (SSSR count). The van der Waals surface area contributed by atoms with Gasteiger partial charge in [-0.1, -0.05) is 69.3 Å². The number of thioether (sulfide) groups is 1. The average molecular weight is 494 g/mol. The Hall–Kier alpha value is -1.94. The first kappa shape index (κ1) is 24.7. The van der Waals surface area contributed by atoms with E-state index in [0.29, 0.717) is 35.7 Å². The Morgan fingerprint density at radius 1 is 1.12 bits per heavy atom. The molecule has 0 atom stereocenters. The average Bonchev–Trinajstić information content (AvgIpc) is 3.16. The van der Waals surface area contributed by atoms with Gasteiger partial charge < -0.3 is 4.57 Å². The van der Waals surface area contributed by atoms with E-state index in [1.807, 2.05) is 26.0 Å². The van der Waals surface area contributed by atoms with Gasteiger partial charge in [-0.3, -0.25) is 0 Å². The first-order valence-electron chi connectivity index (χ1n) is 10.5. The molecular weight excluding hydrogens is 466 g/mol. The summed E-state index contributed by atoms with van der Waals surface area (Å²) in [5.41, 5.74) is 1.76. The summed E-state index contributed by atoms with van der Waals surface area (Å²) in [7, 11) is -3.56. The van der Waals surface area contributed by atoms with Crippen molar-refractivity contribution >= 4 is 33.4 Å². The van der Waals surface area contributed by atoms with Crippen LogP contribution in [0.4, 0.5) is 0 Å². The predicted molar refractivity (Wildman–Crippen MR) is 129 cm³/mol. The fourth-order valence-electron chi connectivity index (χ4n) is 3.29. The Labute approximate surface area is 199 Å². The molecule has 7 nitrogen and oxygen atoms in total. The van der Waals surface area contributed by atoms with Gasteiger partial charge in [0.15, 0.2) is 11.0 Å². The van der Waals surface area contributed by atoms with Crippen LogP contribution in [-0.2, 0) is 22.3 Å². The fourth-order valence-corrected chi connectivity index (χ4v) is 5.78. The van der Waals surface area contributed by atoms with Crippen LogP contribution in [0.3, 0.4) is 0 Å². The molecule has 10 heteroatoms. The maximum Gasteiger partial charge on any atom is 0.243 e. The van der Waals surface area contributed by atoms with Crippen molar-refractivity contribution < 1.29 is 8.42 Å². The Morgan fingerprint density at radius 3 is 2.50 bits per heavy atom. The fraction of sp³-hybridized carbons (Fsp3) is 0.409. The molecule has 0 N–H and O–H groups in total. The van der Waals surface area contributed by atoms with Crippen molar-refractivity contribution in [2.45, 2.75) is 50.0 Å². The minimum absolute atomic E-state index is 0.263. The van der Waals surface area contributed by atoms with E-state index < -0.39 is 10.0 Å². The molecule has 0 aliphatic carbocycles. The molecule has 2 heterocycles. The summed E-state index contributed by atoms with van der Waals surface area (Å²) in [5, 5.41) is 10.1. The van der Waals surface area contributed by atoms with Crippen molar-refractivity contribution in [3.8, 4) is 11.4 Å². The summed E-state index contributed by atoms with van der Waals surface area (Å²) in [6.07, 6.45) is 1.75. The van der Waals surface area contributed by atoms with Crippen LogP contribution in [0, 0.1) is 5.92 Å². The van der Waals surface area contributed by atoms with Crippen LogP contribution >= 0.6 is 23.4 Å². The molecule has 0 aliphatic rings. The smallest absolute Gasteiger partial charge is 0.243 e. The number of nitrogens with zero attached hydrogens (tertiary/aromatic N) is 5. The molecule has 32 heavy (non-hydrogen) atoms. The van der Waals surface area contributed by atoms with Gasteiger partial charge in [0, 0.05) is 37.1 Å². The topological polar surface area (TPSA) is 81.0 Å². The zero-order valence-corrected chi connectivity index (χ0v) is 21.1. The quantitative estimate of drug-likeness (QED) is 0.293. The van der Waals surface area contributed by atoms with Crippen molar-refractivity contribution in [1.82, 2.24) is 24.1 Å². The zero-order valence-electron chi connectivity index (χ0n) is 18.7. The van der Waals surface area contributed by atoms with Crippen LogP contribution in [0.5, 0.6) is 0 Å². The van der Waals surface area contributed by atoms with E-state index in [2.05, 4.69) is 33.6 Å². The summed E-state index contributed by atoms with van der Waals surface area (Å²) in [6.45, 7) is 9.50. The summed E-state index contributed by atoms with van der Waals surface area (Å²) in [6, 6.07) is 10.7. The molecule has 0 radical (unpaired) electrons. The summed E-state index contributed by atoms with van der Waals surface area (Å²) < 4.78 is 29.5. The van der Waals surface area contributed by atoms with Gasteiger partial charge in [0.25, 0.3) is 0 Å². The standard InChI is InChI=1S/C22H28ClN5O2S2/c1-5-27(6-2)32(29,30)19-9-7-8-18(12-19)21-25-26-22(28(21)14-16(3)4)31-15-17-10-11-20(23)24-13-17/h7-13,16H,5-6,14-15H2,1-4H3. The van der Waals surface area contributed by atoms with Crippen molar-refractivity contribution in [2.24, 2.45) is 5.92 Å². The molecule has 0 aliphatic heterocycles. The van der Waals surface area contributed by atoms with Gasteiger partial charge in [-0.2, -0.15) is 4.31 Å². The van der Waals surface area contributed by atoms with E-state index in [-0.39, 0.29) is 4.90 Å². The number of benzene rings is 1. The number of pyridine rings is 1. The highest BCUT2D eigenvalue weighted by molar-refractivity contribution is 7.98. The highest BCUT2D eigenvalue weighted by Gasteiger charge is 2.23. The molecule has 0 fully saturated rings. The van der Waals surface area contributed by atoms with E-state index >= 15 is 0 Å². The lowest BCUT2D eigenvalue weighted by Crippen LogP contribution is -2.30. The van der Waals surface area contributed by atoms with E-state index in [9.17, 15) is 8.42 Å². The third-order valence-corrected chi connectivity index (χ3v) is 8.16. The van der Waals surface area contributed by atoms with Gasteiger partial charge in [-0.25, -0.2) is 13.4 Å². The zero-order chi connectivity index (χ0) is 23.3. The molecule has 2 aromatic heterocycles. The molecule has 0 bridgehead atoms. The number of hydrogen-bond donors (Lipinski definition) is 0. The second kappa shape index (κ2) is 10.8. The normalized spacial score (nSPS) is 12.1. The molecule has 0 unspecified atom stereocenters. The van der Waals surface area contributed by atoms with Gasteiger partial charge in [-0.05, 0) is 29.7 Å². The van der Waals surface area contributed by atoms with Crippen LogP contribution in [0.15, 0.2) is 52.6 Å². The van der Waals surface area contributed by atoms with Crippen LogP contribution in [0.2, 0.25) is 5.15 Å². The second-order valence-corrected chi connectivity index (χ2v) is 11.0. The van der Waals surface area contributed by atoms with E-state index in [1.54, 1.807) is 42.2 Å².